The fraction of sp³-hybridized carbons (Fsp3) is 0.700. The third-order valence-corrected chi connectivity index (χ3v) is 2.68. The van der Waals surface area contributed by atoms with Crippen LogP contribution in [0.2, 0.25) is 0 Å². The van der Waals surface area contributed by atoms with Gasteiger partial charge >= 0.3 is 5.97 Å². The summed E-state index contributed by atoms with van der Waals surface area (Å²) in [6.45, 7) is 3.14. The first-order valence-corrected chi connectivity index (χ1v) is 4.63. The Morgan fingerprint density at radius 2 is 2.38 bits per heavy atom. The van der Waals surface area contributed by atoms with Crippen LogP contribution in [0.1, 0.15) is 26.2 Å². The molecule has 1 rings (SSSR count). The van der Waals surface area contributed by atoms with Crippen LogP contribution < -0.4 is 0 Å². The highest BCUT2D eigenvalue weighted by Gasteiger charge is 2.24. The first kappa shape index (κ1) is 10.1. The van der Waals surface area contributed by atoms with Crippen molar-refractivity contribution in [1.29, 1.82) is 0 Å². The molecule has 0 saturated carbocycles. The summed E-state index contributed by atoms with van der Waals surface area (Å²) in [5.41, 5.74) is 0.0882. The summed E-state index contributed by atoms with van der Waals surface area (Å²) in [5.74, 6) is -0.700. The van der Waals surface area contributed by atoms with Gasteiger partial charge in [0.05, 0.1) is 0 Å². The fourth-order valence-corrected chi connectivity index (χ4v) is 1.50. The van der Waals surface area contributed by atoms with E-state index in [0.29, 0.717) is 0 Å². The monoisotopic (exact) mass is 183 g/mol. The van der Waals surface area contributed by atoms with Crippen molar-refractivity contribution in [3.63, 3.8) is 0 Å². The fourth-order valence-electron chi connectivity index (χ4n) is 1.50. The van der Waals surface area contributed by atoms with E-state index in [1.54, 1.807) is 0 Å². The molecule has 74 valence electrons. The minimum absolute atomic E-state index is 0.0882. The number of hydrogen-bond acceptors (Lipinski definition) is 2. The minimum Gasteiger partial charge on any atom is -0.481 e. The van der Waals surface area contributed by atoms with Gasteiger partial charge in [-0.3, -0.25) is 4.79 Å². The van der Waals surface area contributed by atoms with Crippen molar-refractivity contribution in [1.82, 2.24) is 4.90 Å². The molecule has 0 radical (unpaired) electrons. The summed E-state index contributed by atoms with van der Waals surface area (Å²) < 4.78 is 0. The second-order valence-electron chi connectivity index (χ2n) is 4.09. The molecule has 0 saturated heterocycles. The number of carboxylic acids is 1. The second-order valence-corrected chi connectivity index (χ2v) is 4.09. The van der Waals surface area contributed by atoms with Gasteiger partial charge in [0.25, 0.3) is 0 Å². The van der Waals surface area contributed by atoms with Crippen LogP contribution in [0.5, 0.6) is 0 Å². The van der Waals surface area contributed by atoms with Crippen LogP contribution in [-0.2, 0) is 4.79 Å². The molecule has 0 aromatic carbocycles. The van der Waals surface area contributed by atoms with Crippen molar-refractivity contribution in [3.8, 4) is 0 Å². The predicted molar refractivity (Wildman–Crippen MR) is 51.4 cm³/mol. The maximum absolute atomic E-state index is 10.4. The molecule has 0 aromatic rings. The topological polar surface area (TPSA) is 40.5 Å². The van der Waals surface area contributed by atoms with Crippen molar-refractivity contribution >= 4 is 5.97 Å². The van der Waals surface area contributed by atoms with Crippen molar-refractivity contribution in [2.75, 3.05) is 13.6 Å². The van der Waals surface area contributed by atoms with Gasteiger partial charge in [-0.25, -0.2) is 0 Å². The Morgan fingerprint density at radius 1 is 1.69 bits per heavy atom. The van der Waals surface area contributed by atoms with E-state index in [-0.39, 0.29) is 11.8 Å². The lowest BCUT2D eigenvalue weighted by Gasteiger charge is -2.32. The van der Waals surface area contributed by atoms with Crippen LogP contribution in [-0.4, -0.2) is 29.6 Å². The lowest BCUT2D eigenvalue weighted by Crippen LogP contribution is -2.27. The van der Waals surface area contributed by atoms with Gasteiger partial charge in [0.1, 0.15) is 0 Å². The average molecular weight is 183 g/mol. The molecule has 1 heterocycles. The van der Waals surface area contributed by atoms with E-state index in [0.717, 1.165) is 19.4 Å². The van der Waals surface area contributed by atoms with Gasteiger partial charge < -0.3 is 10.0 Å². The van der Waals surface area contributed by atoms with Gasteiger partial charge in [-0.05, 0) is 24.5 Å². The molecule has 1 unspecified atom stereocenters. The van der Waals surface area contributed by atoms with Crippen LogP contribution >= 0.6 is 0 Å². The Kier molecular flexibility index (Phi) is 2.96. The standard InChI is InChI=1S/C10H17NO2/c1-10(4-3-9(12)13)5-7-11(2)8-6-10/h5,7H,3-4,6,8H2,1-2H3,(H,12,13). The van der Waals surface area contributed by atoms with Crippen molar-refractivity contribution in [2.45, 2.75) is 26.2 Å². The van der Waals surface area contributed by atoms with Gasteiger partial charge in [0.2, 0.25) is 0 Å². The number of rotatable bonds is 3. The van der Waals surface area contributed by atoms with Crippen LogP contribution in [0.3, 0.4) is 0 Å². The quantitative estimate of drug-likeness (QED) is 0.724. The molecule has 0 aromatic heterocycles. The second kappa shape index (κ2) is 3.81. The van der Waals surface area contributed by atoms with Gasteiger partial charge in [-0.2, -0.15) is 0 Å². The van der Waals surface area contributed by atoms with E-state index in [2.05, 4.69) is 17.9 Å². The highest BCUT2D eigenvalue weighted by atomic mass is 16.4. The third kappa shape index (κ3) is 3.09. The molecule has 1 N–H and O–H groups in total. The molecule has 0 fully saturated rings. The van der Waals surface area contributed by atoms with Crippen molar-refractivity contribution in [2.24, 2.45) is 5.41 Å². The molecular weight excluding hydrogens is 166 g/mol. The zero-order valence-electron chi connectivity index (χ0n) is 8.29. The van der Waals surface area contributed by atoms with Gasteiger partial charge in [-0.1, -0.05) is 13.0 Å². The molecule has 0 spiro atoms. The summed E-state index contributed by atoms with van der Waals surface area (Å²) in [5, 5.41) is 8.58. The lowest BCUT2D eigenvalue weighted by molar-refractivity contribution is -0.137. The molecule has 1 aliphatic rings. The Morgan fingerprint density at radius 3 is 2.85 bits per heavy atom. The summed E-state index contributed by atoms with van der Waals surface area (Å²) in [4.78, 5) is 12.5. The smallest absolute Gasteiger partial charge is 0.303 e. The summed E-state index contributed by atoms with van der Waals surface area (Å²) in [6.07, 6.45) is 6.23. The van der Waals surface area contributed by atoms with Crippen molar-refractivity contribution in [3.05, 3.63) is 12.3 Å². The van der Waals surface area contributed by atoms with Crippen LogP contribution in [0, 0.1) is 5.41 Å². The minimum atomic E-state index is -0.700. The number of allylic oxidation sites excluding steroid dienone is 1. The molecule has 3 heteroatoms. The first-order chi connectivity index (χ1) is 6.02. The summed E-state index contributed by atoms with van der Waals surface area (Å²) >= 11 is 0. The molecule has 3 nitrogen and oxygen atoms in total. The predicted octanol–water partition coefficient (Wildman–Crippen LogP) is 1.71. The number of hydrogen-bond donors (Lipinski definition) is 1. The molecule has 1 aliphatic heterocycles. The lowest BCUT2D eigenvalue weighted by atomic mass is 9.80. The molecular formula is C10H17NO2. The maximum Gasteiger partial charge on any atom is 0.303 e. The van der Waals surface area contributed by atoms with Crippen LogP contribution in [0.15, 0.2) is 12.3 Å². The van der Waals surface area contributed by atoms with E-state index >= 15 is 0 Å². The number of carboxylic acid groups (broad SMARTS) is 1. The normalized spacial score (nSPS) is 27.7. The molecule has 13 heavy (non-hydrogen) atoms. The zero-order chi connectivity index (χ0) is 9.90. The van der Waals surface area contributed by atoms with E-state index < -0.39 is 5.97 Å². The van der Waals surface area contributed by atoms with Crippen LogP contribution in [0.25, 0.3) is 0 Å². The zero-order valence-corrected chi connectivity index (χ0v) is 8.29. The summed E-state index contributed by atoms with van der Waals surface area (Å²) in [7, 11) is 2.03. The number of aliphatic carboxylic acids is 1. The first-order valence-electron chi connectivity index (χ1n) is 4.63. The maximum atomic E-state index is 10.4. The van der Waals surface area contributed by atoms with Crippen molar-refractivity contribution < 1.29 is 9.90 Å². The summed E-state index contributed by atoms with van der Waals surface area (Å²) in [6, 6.07) is 0. The Bertz CT molecular complexity index is 225. The SMILES string of the molecule is CN1C=CC(C)(CCC(=O)O)CC1. The van der Waals surface area contributed by atoms with E-state index in [1.165, 1.54) is 0 Å². The van der Waals surface area contributed by atoms with E-state index in [9.17, 15) is 4.79 Å². The Hall–Kier alpha value is -0.990. The molecule has 0 aliphatic carbocycles. The molecule has 0 bridgehead atoms. The number of carbonyl (C=O) groups is 1. The Labute approximate surface area is 79.0 Å². The highest BCUT2D eigenvalue weighted by molar-refractivity contribution is 5.66. The highest BCUT2D eigenvalue weighted by Crippen LogP contribution is 2.32. The molecule has 0 amide bonds. The largest absolute Gasteiger partial charge is 0.481 e. The van der Waals surface area contributed by atoms with E-state index in [1.807, 2.05) is 13.2 Å². The Balaban J connectivity index is 2.47. The average Bonchev–Trinajstić information content (AvgIpc) is 2.08. The van der Waals surface area contributed by atoms with E-state index in [4.69, 9.17) is 5.11 Å². The van der Waals surface area contributed by atoms with Gasteiger partial charge in [0, 0.05) is 20.0 Å². The third-order valence-electron chi connectivity index (χ3n) is 2.68. The van der Waals surface area contributed by atoms with Gasteiger partial charge in [0.15, 0.2) is 0 Å². The van der Waals surface area contributed by atoms with Crippen LogP contribution in [0.4, 0.5) is 0 Å². The van der Waals surface area contributed by atoms with Gasteiger partial charge in [-0.15, -0.1) is 0 Å². The number of nitrogens with zero attached hydrogens (tertiary/aromatic N) is 1. The molecule has 1 atom stereocenters.